The largest absolute Gasteiger partial charge is 0.394 e. The quantitative estimate of drug-likeness (QED) is 0.0363. The molecule has 0 radical (unpaired) electrons. The zero-order valence-corrected chi connectivity index (χ0v) is 59.8. The van der Waals surface area contributed by atoms with Crippen LogP contribution in [-0.2, 0) is 99.7 Å². The van der Waals surface area contributed by atoms with Gasteiger partial charge >= 0.3 is 0 Å². The first-order chi connectivity index (χ1) is 51.9. The molecule has 0 spiro atoms. The first-order valence-electron chi connectivity index (χ1n) is 35.3. The molecule has 0 saturated carbocycles. The summed E-state index contributed by atoms with van der Waals surface area (Å²) in [6, 6.07) is -7.33. The molecule has 0 aliphatic carbocycles. The molecule has 9 saturated heterocycles. The summed E-state index contributed by atoms with van der Waals surface area (Å²) >= 11 is 0. The fourth-order valence-electron chi connectivity index (χ4n) is 14.3. The Bertz CT molecular complexity index is 2940. The maximum Gasteiger partial charge on any atom is 0.217 e. The Morgan fingerprint density at radius 3 is 1.04 bits per heavy atom. The monoisotopic (exact) mass is 1610 g/mol. The van der Waals surface area contributed by atoms with Crippen LogP contribution < -0.4 is 21.3 Å². The van der Waals surface area contributed by atoms with Crippen molar-refractivity contribution in [2.75, 3.05) is 46.2 Å². The predicted molar refractivity (Wildman–Crippen MR) is 341 cm³/mol. The topological polar surface area (TPSA) is 739 Å². The predicted octanol–water partition coefficient (Wildman–Crippen LogP) is -18.0. The maximum absolute atomic E-state index is 13.1. The maximum atomic E-state index is 13.1. The summed E-state index contributed by atoms with van der Waals surface area (Å²) in [6.07, 6.45) is -80.4. The molecule has 9 rings (SSSR count). The number of aliphatic hydroxyl groups is 23. The second kappa shape index (κ2) is 39.0. The summed E-state index contributed by atoms with van der Waals surface area (Å²) in [7, 11) is 0. The molecule has 9 fully saturated rings. The Balaban J connectivity index is 0.943. The van der Waals surface area contributed by atoms with Gasteiger partial charge in [0.2, 0.25) is 23.6 Å². The van der Waals surface area contributed by atoms with E-state index in [0.29, 0.717) is 0 Å². The van der Waals surface area contributed by atoms with Crippen molar-refractivity contribution in [3.63, 3.8) is 0 Å². The molecule has 0 aromatic rings. The van der Waals surface area contributed by atoms with Crippen LogP contribution in [0.25, 0.3) is 0 Å². The van der Waals surface area contributed by atoms with Crippen LogP contribution in [0.2, 0.25) is 0 Å². The van der Waals surface area contributed by atoms with Crippen LogP contribution in [0.1, 0.15) is 41.5 Å². The molecular formula is C62H104N4O44. The highest BCUT2D eigenvalue weighted by molar-refractivity contribution is 5.74. The SMILES string of the molecule is CC(=O)N[C@@H]1[C@@H](O[C@@H]2O[C@H](CO)[C@H](O)[C@H](O[C@@H]3O[C@H](CO)[C@@H](O[C@@H]4O[C@H](CO)[C@H](O)[C@H](O[C@@H]5O[C@H](CO)[C@@H](O)[C@H](O)[C@H]5NC(C)=O)[C@H]4O[C@@H]4O[C@@H](C)[C@@H](O)[C@@H](O)[C@@H]4O)[C@H](O)[C@H]3NC(C)=O)[C@H]2O)[C@@H](O)[C@@H](CO[C@@H]2O[C@H](CO)[C@@H](O[C@@H]3O[C@H](CO)[C@H](O)[C@H](O)[C@H]3O[C@@H]3O[C@@H](C)[C@@H](O)[C@@H](O)[C@@H]3O)[C@H](O)[C@H]2NC(C)=O)O[C@@H]1O. The summed E-state index contributed by atoms with van der Waals surface area (Å²) in [5.74, 6) is -3.55. The van der Waals surface area contributed by atoms with Crippen molar-refractivity contribution in [3.8, 4) is 0 Å². The van der Waals surface area contributed by atoms with Crippen LogP contribution >= 0.6 is 0 Å². The van der Waals surface area contributed by atoms with Gasteiger partial charge < -0.3 is 219 Å². The molecule has 9 aliphatic heterocycles. The van der Waals surface area contributed by atoms with Gasteiger partial charge in [-0.1, -0.05) is 0 Å². The number of nitrogens with one attached hydrogen (secondary N) is 4. The molecule has 0 aromatic heterocycles. The van der Waals surface area contributed by atoms with Gasteiger partial charge in [-0.05, 0) is 13.8 Å². The number of rotatable bonds is 27. The molecule has 0 bridgehead atoms. The Morgan fingerprint density at radius 1 is 0.255 bits per heavy atom. The van der Waals surface area contributed by atoms with Gasteiger partial charge in [-0.15, -0.1) is 0 Å². The molecule has 48 nitrogen and oxygen atoms in total. The highest BCUT2D eigenvalue weighted by Gasteiger charge is 2.61. The van der Waals surface area contributed by atoms with Crippen molar-refractivity contribution in [3.05, 3.63) is 0 Å². The minimum absolute atomic E-state index is 0.830. The Kier molecular flexibility index (Phi) is 32.0. The molecule has 48 heteroatoms. The highest BCUT2D eigenvalue weighted by Crippen LogP contribution is 2.40. The van der Waals surface area contributed by atoms with Crippen molar-refractivity contribution < 1.29 is 217 Å². The van der Waals surface area contributed by atoms with E-state index in [0.717, 1.165) is 27.7 Å². The van der Waals surface area contributed by atoms with Crippen molar-refractivity contribution in [1.29, 1.82) is 0 Å². The fraction of sp³-hybridized carbons (Fsp3) is 0.935. The smallest absolute Gasteiger partial charge is 0.217 e. The molecule has 4 amide bonds. The third kappa shape index (κ3) is 19.8. The number of amides is 4. The van der Waals surface area contributed by atoms with E-state index in [1.54, 1.807) is 0 Å². The normalized spacial score (nSPS) is 49.6. The van der Waals surface area contributed by atoms with E-state index in [9.17, 15) is 137 Å². The van der Waals surface area contributed by atoms with E-state index < -0.39 is 346 Å². The Morgan fingerprint density at radius 2 is 0.573 bits per heavy atom. The molecule has 0 unspecified atom stereocenters. The van der Waals surface area contributed by atoms with Crippen LogP contribution in [0.15, 0.2) is 0 Å². The number of carbonyl (C=O) groups excluding carboxylic acids is 4. The highest BCUT2D eigenvalue weighted by atomic mass is 16.8. The first kappa shape index (κ1) is 90.2. The third-order valence-corrected chi connectivity index (χ3v) is 20.3. The molecule has 27 N–H and O–H groups in total. The molecule has 9 aliphatic rings. The summed E-state index contributed by atoms with van der Waals surface area (Å²) in [6.45, 7) is -0.936. The van der Waals surface area contributed by atoms with Gasteiger partial charge in [0.15, 0.2) is 56.6 Å². The number of hydrogen-bond donors (Lipinski definition) is 27. The van der Waals surface area contributed by atoms with Crippen LogP contribution in [0, 0.1) is 0 Å². The van der Waals surface area contributed by atoms with Gasteiger partial charge in [-0.3, -0.25) is 19.2 Å². The van der Waals surface area contributed by atoms with Crippen molar-refractivity contribution >= 4 is 23.6 Å². The molecule has 636 valence electrons. The number of hydrogen-bond acceptors (Lipinski definition) is 44. The Labute approximate surface area is 624 Å². The molecule has 9 heterocycles. The van der Waals surface area contributed by atoms with Gasteiger partial charge in [0.05, 0.1) is 58.5 Å². The zero-order valence-electron chi connectivity index (χ0n) is 59.8. The minimum Gasteiger partial charge on any atom is -0.394 e. The fourth-order valence-corrected chi connectivity index (χ4v) is 14.3. The van der Waals surface area contributed by atoms with Gasteiger partial charge in [0.25, 0.3) is 0 Å². The lowest BCUT2D eigenvalue weighted by Gasteiger charge is -2.51. The average molecular weight is 1610 g/mol. The van der Waals surface area contributed by atoms with Gasteiger partial charge in [0.1, 0.15) is 207 Å². The van der Waals surface area contributed by atoms with Gasteiger partial charge in [-0.25, -0.2) is 0 Å². The third-order valence-electron chi connectivity index (χ3n) is 20.3. The van der Waals surface area contributed by atoms with Gasteiger partial charge in [0, 0.05) is 27.7 Å². The number of ether oxygens (including phenoxy) is 17. The van der Waals surface area contributed by atoms with Crippen molar-refractivity contribution in [2.24, 2.45) is 0 Å². The first-order valence-corrected chi connectivity index (χ1v) is 35.3. The standard InChI is InChI=1S/C62H104N4O44/c1-14-31(77)41(87)44(90)58(95-14)109-52-43(89)34(80)21(8-68)100-61(52)104-47-24(11-71)102-55(28(39(47)85)64-17(4)74)94-13-26-37(83)49(30(54(93)97-26)66-19(6)76)106-60-46(92)50(35(81)22(9-69)99-60)107-57-29(65-18(5)75)40(86)48(25(12-72)103-57)105-62-53(110-59-45(91)42(88)32(78)15(2)96-59)51(36(82)23(10-70)101-62)108-56-27(63-16(3)73)38(84)33(79)20(7-67)98-56/h14-15,20-62,67-72,77-93H,7-13H2,1-6H3,(H,63,73)(H,64,74)(H,65,75)(H,66,76)/t14-,15-,20+,21+,22+,23+,24+,25+,26+,27+,28+,29+,30+,31+,32+,33+,34-,35-,36-,37-,38+,39+,40+,41+,42+,43-,44-,45-,46+,47+,48+,49+,50-,51-,52+,53+,54-,55+,56-,57-,58-,59-,60-,61-,62-/m0/s1. The zero-order chi connectivity index (χ0) is 81.1. The van der Waals surface area contributed by atoms with E-state index >= 15 is 0 Å². The molecule has 0 aromatic carbocycles. The number of carbonyl (C=O) groups is 4. The lowest BCUT2D eigenvalue weighted by atomic mass is 9.93. The van der Waals surface area contributed by atoms with Crippen LogP contribution in [-0.4, -0.2) is 463 Å². The number of aliphatic hydroxyl groups excluding tert-OH is 23. The summed E-state index contributed by atoms with van der Waals surface area (Å²) in [5, 5.41) is 265. The molecule has 110 heavy (non-hydrogen) atoms. The summed E-state index contributed by atoms with van der Waals surface area (Å²) in [4.78, 5) is 51.2. The molecular weight excluding hydrogens is 1500 g/mol. The minimum atomic E-state index is -2.39. The summed E-state index contributed by atoms with van der Waals surface area (Å²) < 4.78 is 101. The lowest BCUT2D eigenvalue weighted by molar-refractivity contribution is -0.402. The van der Waals surface area contributed by atoms with E-state index in [-0.39, 0.29) is 0 Å². The van der Waals surface area contributed by atoms with Crippen LogP contribution in [0.3, 0.4) is 0 Å². The lowest BCUT2D eigenvalue weighted by Crippen LogP contribution is -2.71. The summed E-state index contributed by atoms with van der Waals surface area (Å²) in [5.41, 5.74) is 0. The van der Waals surface area contributed by atoms with Crippen molar-refractivity contribution in [1.82, 2.24) is 21.3 Å². The van der Waals surface area contributed by atoms with Gasteiger partial charge in [-0.2, -0.15) is 0 Å². The van der Waals surface area contributed by atoms with E-state index in [4.69, 9.17) is 80.5 Å². The Hall–Kier alpha value is -3.72. The van der Waals surface area contributed by atoms with E-state index in [2.05, 4.69) is 21.3 Å². The molecule has 45 atom stereocenters. The van der Waals surface area contributed by atoms with Crippen LogP contribution in [0.4, 0.5) is 0 Å². The van der Waals surface area contributed by atoms with Crippen LogP contribution in [0.5, 0.6) is 0 Å². The second-order valence-electron chi connectivity index (χ2n) is 28.1. The van der Waals surface area contributed by atoms with E-state index in [1.807, 2.05) is 0 Å². The second-order valence-corrected chi connectivity index (χ2v) is 28.1. The average Bonchev–Trinajstić information content (AvgIpc) is 0.766. The van der Waals surface area contributed by atoms with Crippen molar-refractivity contribution in [2.45, 2.75) is 318 Å². The van der Waals surface area contributed by atoms with E-state index in [1.165, 1.54) is 13.8 Å².